The molecule has 2 aromatic heterocycles. The van der Waals surface area contributed by atoms with Crippen molar-refractivity contribution < 1.29 is 8.83 Å². The van der Waals surface area contributed by atoms with Crippen LogP contribution in [0.3, 0.4) is 0 Å². The van der Waals surface area contributed by atoms with Crippen molar-refractivity contribution in [2.75, 3.05) is 0 Å². The van der Waals surface area contributed by atoms with Gasteiger partial charge in [-0.3, -0.25) is 0 Å². The lowest BCUT2D eigenvalue weighted by Gasteiger charge is -2.25. The lowest BCUT2D eigenvalue weighted by Crippen LogP contribution is -2.33. The Kier molecular flexibility index (Phi) is 6.63. The monoisotopic (exact) mass is 717 g/mol. The van der Waals surface area contributed by atoms with Crippen LogP contribution in [0.5, 0.6) is 0 Å². The number of rotatable bonds is 4. The summed E-state index contributed by atoms with van der Waals surface area (Å²) in [5, 5.41) is 14.9. The van der Waals surface area contributed by atoms with Crippen LogP contribution in [0.15, 0.2) is 195 Å². The summed E-state index contributed by atoms with van der Waals surface area (Å²) in [6, 6.07) is 61.4. The molecule has 0 aliphatic carbocycles. The molecule has 3 heterocycles. The van der Waals surface area contributed by atoms with Crippen molar-refractivity contribution >= 4 is 87.9 Å². The van der Waals surface area contributed by atoms with Gasteiger partial charge in [-0.1, -0.05) is 140 Å². The van der Waals surface area contributed by atoms with E-state index in [0.717, 1.165) is 93.7 Å². The SMILES string of the molecule is c1ccc(C2N=C(c3cc4ccccc4c4ccccc34)N=C(c3ccc(-c4cccc5oc6ccc7ccccc7c6c45)c4oc5ccccc5c34)N2)cc1. The first kappa shape index (κ1) is 30.9. The Labute approximate surface area is 320 Å². The van der Waals surface area contributed by atoms with E-state index in [1.165, 1.54) is 16.2 Å². The predicted molar refractivity (Wildman–Crippen MR) is 231 cm³/mol. The zero-order valence-electron chi connectivity index (χ0n) is 30.0. The topological polar surface area (TPSA) is 63.0 Å². The average molecular weight is 718 g/mol. The van der Waals surface area contributed by atoms with Crippen molar-refractivity contribution in [3.05, 3.63) is 193 Å². The third-order valence-electron chi connectivity index (χ3n) is 11.3. The molecule has 5 heteroatoms. The van der Waals surface area contributed by atoms with Crippen LogP contribution in [0.1, 0.15) is 22.9 Å². The first-order valence-corrected chi connectivity index (χ1v) is 18.9. The Balaban J connectivity index is 1.12. The largest absolute Gasteiger partial charge is 0.456 e. The van der Waals surface area contributed by atoms with Crippen LogP contribution in [-0.4, -0.2) is 11.7 Å². The lowest BCUT2D eigenvalue weighted by atomic mass is 9.93. The Morgan fingerprint density at radius 1 is 0.411 bits per heavy atom. The number of aliphatic imine (C=N–C) groups is 2. The number of fused-ring (bicyclic) bond motifs is 11. The molecule has 56 heavy (non-hydrogen) atoms. The van der Waals surface area contributed by atoms with Gasteiger partial charge in [0.25, 0.3) is 0 Å². The van der Waals surface area contributed by atoms with Gasteiger partial charge >= 0.3 is 0 Å². The van der Waals surface area contributed by atoms with Crippen molar-refractivity contribution in [3.8, 4) is 11.1 Å². The fraction of sp³-hybridized carbons (Fsp3) is 0.0196. The molecule has 262 valence electrons. The third-order valence-corrected chi connectivity index (χ3v) is 11.3. The highest BCUT2D eigenvalue weighted by Gasteiger charge is 2.27. The Morgan fingerprint density at radius 2 is 1.09 bits per heavy atom. The number of benzene rings is 9. The van der Waals surface area contributed by atoms with Gasteiger partial charge in [-0.25, -0.2) is 9.98 Å². The van der Waals surface area contributed by atoms with Gasteiger partial charge < -0.3 is 14.2 Å². The summed E-state index contributed by atoms with van der Waals surface area (Å²) in [7, 11) is 0. The molecule has 12 rings (SSSR count). The maximum Gasteiger partial charge on any atom is 0.160 e. The molecular formula is C51H31N3O2. The fourth-order valence-corrected chi connectivity index (χ4v) is 8.80. The van der Waals surface area contributed by atoms with Gasteiger partial charge in [0.05, 0.1) is 0 Å². The van der Waals surface area contributed by atoms with E-state index in [0.29, 0.717) is 5.84 Å². The minimum atomic E-state index is -0.365. The van der Waals surface area contributed by atoms with E-state index in [1.54, 1.807) is 0 Å². The maximum atomic E-state index is 6.88. The lowest BCUT2D eigenvalue weighted by molar-refractivity contribution is 0.668. The highest BCUT2D eigenvalue weighted by Crippen LogP contribution is 2.45. The van der Waals surface area contributed by atoms with Crippen LogP contribution in [0.4, 0.5) is 0 Å². The molecule has 0 bridgehead atoms. The Bertz CT molecular complexity index is 3460. The molecule has 11 aromatic rings. The minimum absolute atomic E-state index is 0.365. The van der Waals surface area contributed by atoms with Gasteiger partial charge in [0.2, 0.25) is 0 Å². The average Bonchev–Trinajstić information content (AvgIpc) is 3.86. The third kappa shape index (κ3) is 4.61. The molecule has 1 unspecified atom stereocenters. The normalized spacial score (nSPS) is 14.6. The standard InChI is InChI=1S/C51H31N3O2/c1-2-14-31(15-3-1)49-52-50(54-51(53-49)41-29-32-16-5-6-17-33(32)35-19-8-9-20-36(35)41)40-27-26-38(48-45(40)39-21-10-11-23-42(39)56-48)37-22-12-24-43-47(37)46-34-18-7-4-13-30(34)25-28-44(46)55-43/h1-29,49H,(H,52,53,54). The Morgan fingerprint density at radius 3 is 1.96 bits per heavy atom. The van der Waals surface area contributed by atoms with E-state index in [4.69, 9.17) is 18.8 Å². The van der Waals surface area contributed by atoms with Gasteiger partial charge in [-0.2, -0.15) is 0 Å². The first-order valence-electron chi connectivity index (χ1n) is 18.9. The van der Waals surface area contributed by atoms with Gasteiger partial charge in [-0.05, 0) is 79.8 Å². The number of hydrogen-bond donors (Lipinski definition) is 1. The summed E-state index contributed by atoms with van der Waals surface area (Å²) in [4.78, 5) is 10.7. The molecule has 1 atom stereocenters. The highest BCUT2D eigenvalue weighted by molar-refractivity contribution is 6.28. The van der Waals surface area contributed by atoms with E-state index in [2.05, 4.69) is 163 Å². The number of nitrogens with zero attached hydrogens (tertiary/aromatic N) is 2. The molecule has 9 aromatic carbocycles. The summed E-state index contributed by atoms with van der Waals surface area (Å²) in [6.07, 6.45) is -0.365. The molecule has 0 radical (unpaired) electrons. The smallest absolute Gasteiger partial charge is 0.160 e. The van der Waals surface area contributed by atoms with Crippen LogP contribution in [-0.2, 0) is 0 Å². The number of para-hydroxylation sites is 1. The van der Waals surface area contributed by atoms with E-state index in [-0.39, 0.29) is 6.17 Å². The van der Waals surface area contributed by atoms with E-state index < -0.39 is 0 Å². The predicted octanol–water partition coefficient (Wildman–Crippen LogP) is 13.1. The quantitative estimate of drug-likeness (QED) is 0.184. The second kappa shape index (κ2) is 12.0. The van der Waals surface area contributed by atoms with Crippen LogP contribution >= 0.6 is 0 Å². The van der Waals surface area contributed by atoms with Crippen LogP contribution in [0, 0.1) is 0 Å². The van der Waals surface area contributed by atoms with Gasteiger partial charge in [-0.15, -0.1) is 0 Å². The summed E-state index contributed by atoms with van der Waals surface area (Å²) in [6.45, 7) is 0. The van der Waals surface area contributed by atoms with E-state index in [1.807, 2.05) is 18.2 Å². The molecule has 0 saturated carbocycles. The molecular weight excluding hydrogens is 687 g/mol. The van der Waals surface area contributed by atoms with Crippen LogP contribution in [0.2, 0.25) is 0 Å². The first-order chi connectivity index (χ1) is 27.8. The summed E-state index contributed by atoms with van der Waals surface area (Å²) >= 11 is 0. The second-order valence-corrected chi connectivity index (χ2v) is 14.5. The molecule has 0 spiro atoms. The maximum absolute atomic E-state index is 6.88. The summed E-state index contributed by atoms with van der Waals surface area (Å²) in [5.41, 5.74) is 8.36. The summed E-state index contributed by atoms with van der Waals surface area (Å²) in [5.74, 6) is 1.42. The number of furan rings is 2. The number of amidine groups is 2. The van der Waals surface area contributed by atoms with Gasteiger partial charge in [0.15, 0.2) is 5.84 Å². The van der Waals surface area contributed by atoms with Gasteiger partial charge in [0, 0.05) is 38.2 Å². The number of hydrogen-bond acceptors (Lipinski definition) is 5. The zero-order valence-corrected chi connectivity index (χ0v) is 30.0. The van der Waals surface area contributed by atoms with Crippen molar-refractivity contribution in [1.82, 2.24) is 5.32 Å². The summed E-state index contributed by atoms with van der Waals surface area (Å²) < 4.78 is 13.4. The minimum Gasteiger partial charge on any atom is -0.456 e. The van der Waals surface area contributed by atoms with Crippen molar-refractivity contribution in [1.29, 1.82) is 0 Å². The molecule has 0 fully saturated rings. The second-order valence-electron chi connectivity index (χ2n) is 14.5. The van der Waals surface area contributed by atoms with Crippen molar-refractivity contribution in [2.45, 2.75) is 6.17 Å². The van der Waals surface area contributed by atoms with Crippen molar-refractivity contribution in [3.63, 3.8) is 0 Å². The van der Waals surface area contributed by atoms with Crippen molar-refractivity contribution in [2.24, 2.45) is 9.98 Å². The van der Waals surface area contributed by atoms with E-state index in [9.17, 15) is 0 Å². The van der Waals surface area contributed by atoms with Crippen LogP contribution < -0.4 is 5.32 Å². The van der Waals surface area contributed by atoms with Gasteiger partial charge in [0.1, 0.15) is 34.3 Å². The van der Waals surface area contributed by atoms with E-state index >= 15 is 0 Å². The zero-order chi connectivity index (χ0) is 36.7. The van der Waals surface area contributed by atoms with Crippen LogP contribution in [0.25, 0.3) is 87.3 Å². The molecule has 5 nitrogen and oxygen atoms in total. The fourth-order valence-electron chi connectivity index (χ4n) is 8.80. The number of nitrogens with one attached hydrogen (secondary N) is 1. The molecule has 0 amide bonds. The molecule has 1 aliphatic heterocycles. The molecule has 1 N–H and O–H groups in total. The molecule has 0 saturated heterocycles. The molecule has 1 aliphatic rings. The Hall–Kier alpha value is -7.50. The highest BCUT2D eigenvalue weighted by atomic mass is 16.3.